The highest BCUT2D eigenvalue weighted by Crippen LogP contribution is 1.76. The number of hydrogen-bond acceptors (Lipinski definition) is 2. The second-order valence-corrected chi connectivity index (χ2v) is 2.10. The molecule has 0 bridgehead atoms. The van der Waals surface area contributed by atoms with E-state index in [0.29, 0.717) is 0 Å². The van der Waals surface area contributed by atoms with Gasteiger partial charge in [0.1, 0.15) is 0 Å². The van der Waals surface area contributed by atoms with E-state index in [2.05, 4.69) is 6.58 Å². The molecule has 0 fully saturated rings. The summed E-state index contributed by atoms with van der Waals surface area (Å²) in [5.41, 5.74) is 0. The van der Waals surface area contributed by atoms with Crippen LogP contribution in [0.25, 0.3) is 0 Å². The summed E-state index contributed by atoms with van der Waals surface area (Å²) in [6.45, 7) is 3.22. The lowest BCUT2D eigenvalue weighted by atomic mass is 11.0. The molecule has 0 saturated heterocycles. The standard InChI is InChI=1S/C3H7NO2S/c1-3-4(2)7(5)6/h3,7H,1H2,2H3. The van der Waals surface area contributed by atoms with E-state index in [4.69, 9.17) is 0 Å². The van der Waals surface area contributed by atoms with Crippen LogP contribution in [-0.2, 0) is 10.9 Å². The van der Waals surface area contributed by atoms with Crippen molar-refractivity contribution in [2.75, 3.05) is 7.05 Å². The summed E-state index contributed by atoms with van der Waals surface area (Å²) in [5.74, 6) is 0. The summed E-state index contributed by atoms with van der Waals surface area (Å²) in [6.07, 6.45) is 1.23. The second-order valence-electron chi connectivity index (χ2n) is 0.994. The molecule has 0 aromatic rings. The molecule has 0 spiro atoms. The van der Waals surface area contributed by atoms with Crippen molar-refractivity contribution in [3.63, 3.8) is 0 Å². The van der Waals surface area contributed by atoms with Gasteiger partial charge in [-0.05, 0) is 0 Å². The van der Waals surface area contributed by atoms with Gasteiger partial charge in [-0.2, -0.15) is 0 Å². The normalized spacial score (nSPS) is 8.86. The molecule has 0 N–H and O–H groups in total. The van der Waals surface area contributed by atoms with Crippen molar-refractivity contribution >= 4 is 10.9 Å². The van der Waals surface area contributed by atoms with Gasteiger partial charge in [-0.25, -0.2) is 8.42 Å². The summed E-state index contributed by atoms with van der Waals surface area (Å²) in [4.78, 5) is 0. The van der Waals surface area contributed by atoms with Crippen LogP contribution in [0.5, 0.6) is 0 Å². The van der Waals surface area contributed by atoms with Crippen molar-refractivity contribution in [1.29, 1.82) is 0 Å². The molecule has 0 unspecified atom stereocenters. The molecule has 0 heterocycles. The lowest BCUT2D eigenvalue weighted by Gasteiger charge is -1.98. The molecular formula is C3H7NO2S. The van der Waals surface area contributed by atoms with Crippen LogP contribution in [0.15, 0.2) is 12.8 Å². The van der Waals surface area contributed by atoms with Crippen LogP contribution in [0.1, 0.15) is 0 Å². The number of rotatable bonds is 2. The molecule has 0 rings (SSSR count). The maximum Gasteiger partial charge on any atom is 0.224 e. The van der Waals surface area contributed by atoms with Gasteiger partial charge in [-0.1, -0.05) is 6.58 Å². The van der Waals surface area contributed by atoms with Crippen molar-refractivity contribution < 1.29 is 8.42 Å². The zero-order valence-electron chi connectivity index (χ0n) is 4.00. The fraction of sp³-hybridized carbons (Fsp3) is 0.333. The SMILES string of the molecule is C=CN(C)[SH](=O)=O. The fourth-order valence-electron chi connectivity index (χ4n) is 0.0667. The number of hydrogen-bond donors (Lipinski definition) is 1. The van der Waals surface area contributed by atoms with E-state index in [1.807, 2.05) is 0 Å². The van der Waals surface area contributed by atoms with Crippen molar-refractivity contribution in [1.82, 2.24) is 4.31 Å². The average molecular weight is 121 g/mol. The molecule has 4 heteroatoms. The van der Waals surface area contributed by atoms with Gasteiger partial charge in [0.25, 0.3) is 0 Å². The molecule has 0 aromatic heterocycles. The summed E-state index contributed by atoms with van der Waals surface area (Å²) in [6, 6.07) is 0. The lowest BCUT2D eigenvalue weighted by Crippen LogP contribution is -2.05. The minimum atomic E-state index is -2.45. The Balaban J connectivity index is 3.80. The molecule has 7 heavy (non-hydrogen) atoms. The lowest BCUT2D eigenvalue weighted by molar-refractivity contribution is 0.563. The van der Waals surface area contributed by atoms with Gasteiger partial charge < -0.3 is 0 Å². The highest BCUT2D eigenvalue weighted by Gasteiger charge is 1.82. The van der Waals surface area contributed by atoms with Crippen LogP contribution >= 0.6 is 0 Å². The Bertz CT molecular complexity index is 121. The first-order valence-corrected chi connectivity index (χ1v) is 2.81. The molecule has 0 aliphatic carbocycles. The summed E-state index contributed by atoms with van der Waals surface area (Å²) < 4.78 is 20.7. The minimum absolute atomic E-state index is 1.01. The zero-order chi connectivity index (χ0) is 5.86. The molecule has 0 aliphatic rings. The molecular weight excluding hydrogens is 114 g/mol. The Labute approximate surface area is 44.3 Å². The van der Waals surface area contributed by atoms with Crippen LogP contribution < -0.4 is 0 Å². The Morgan fingerprint density at radius 3 is 2.14 bits per heavy atom. The minimum Gasteiger partial charge on any atom is -0.283 e. The van der Waals surface area contributed by atoms with E-state index in [-0.39, 0.29) is 0 Å². The van der Waals surface area contributed by atoms with Gasteiger partial charge in [0.15, 0.2) is 0 Å². The summed E-state index contributed by atoms with van der Waals surface area (Å²) in [5, 5.41) is 0. The number of thiol groups is 1. The molecule has 0 atom stereocenters. The van der Waals surface area contributed by atoms with Crippen molar-refractivity contribution in [2.24, 2.45) is 0 Å². The molecule has 42 valence electrons. The van der Waals surface area contributed by atoms with Crippen LogP contribution in [0, 0.1) is 0 Å². The molecule has 3 nitrogen and oxygen atoms in total. The summed E-state index contributed by atoms with van der Waals surface area (Å²) in [7, 11) is -1.03. The first-order chi connectivity index (χ1) is 3.18. The predicted octanol–water partition coefficient (Wildman–Crippen LogP) is -0.412. The van der Waals surface area contributed by atoms with Gasteiger partial charge in [0, 0.05) is 13.2 Å². The van der Waals surface area contributed by atoms with Crippen LogP contribution in [-0.4, -0.2) is 19.8 Å². The largest absolute Gasteiger partial charge is 0.283 e. The van der Waals surface area contributed by atoms with Crippen LogP contribution in [0.3, 0.4) is 0 Å². The van der Waals surface area contributed by atoms with Gasteiger partial charge in [-0.15, -0.1) is 0 Å². The monoisotopic (exact) mass is 121 g/mol. The van der Waals surface area contributed by atoms with Gasteiger partial charge in [-0.3, -0.25) is 4.31 Å². The van der Waals surface area contributed by atoms with Gasteiger partial charge in [0.2, 0.25) is 10.9 Å². The Morgan fingerprint density at radius 2 is 2.14 bits per heavy atom. The molecule has 0 radical (unpaired) electrons. The topological polar surface area (TPSA) is 37.4 Å². The van der Waals surface area contributed by atoms with Crippen LogP contribution in [0.2, 0.25) is 0 Å². The molecule has 0 saturated carbocycles. The van der Waals surface area contributed by atoms with E-state index < -0.39 is 10.9 Å². The Kier molecular flexibility index (Phi) is 2.44. The summed E-state index contributed by atoms with van der Waals surface area (Å²) >= 11 is 0. The third-order valence-corrected chi connectivity index (χ3v) is 1.20. The van der Waals surface area contributed by atoms with E-state index in [9.17, 15) is 8.42 Å². The number of nitrogens with zero attached hydrogens (tertiary/aromatic N) is 1. The Morgan fingerprint density at radius 1 is 1.71 bits per heavy atom. The second kappa shape index (κ2) is 2.63. The molecule has 0 amide bonds. The molecule has 0 aliphatic heterocycles. The highest BCUT2D eigenvalue weighted by molar-refractivity contribution is 7.69. The van der Waals surface area contributed by atoms with E-state index in [1.165, 1.54) is 13.2 Å². The predicted molar refractivity (Wildman–Crippen MR) is 28.3 cm³/mol. The maximum absolute atomic E-state index is 9.82. The van der Waals surface area contributed by atoms with Crippen molar-refractivity contribution in [3.8, 4) is 0 Å². The average Bonchev–Trinajstić information content (AvgIpc) is 1.65. The van der Waals surface area contributed by atoms with E-state index in [1.54, 1.807) is 0 Å². The van der Waals surface area contributed by atoms with Gasteiger partial charge in [0.05, 0.1) is 0 Å². The molecule has 0 aromatic carbocycles. The first kappa shape index (κ1) is 6.49. The third-order valence-electron chi connectivity index (χ3n) is 0.522. The Hall–Kier alpha value is -0.510. The van der Waals surface area contributed by atoms with Gasteiger partial charge >= 0.3 is 0 Å². The van der Waals surface area contributed by atoms with E-state index in [0.717, 1.165) is 4.31 Å². The highest BCUT2D eigenvalue weighted by atomic mass is 32.2. The third kappa shape index (κ3) is 2.22. The zero-order valence-corrected chi connectivity index (χ0v) is 4.89. The quantitative estimate of drug-likeness (QED) is 0.504. The fourth-order valence-corrected chi connectivity index (χ4v) is 0.200. The maximum atomic E-state index is 9.82. The van der Waals surface area contributed by atoms with E-state index >= 15 is 0 Å². The smallest absolute Gasteiger partial charge is 0.224 e. The van der Waals surface area contributed by atoms with Crippen molar-refractivity contribution in [2.45, 2.75) is 0 Å². The van der Waals surface area contributed by atoms with Crippen LogP contribution in [0.4, 0.5) is 0 Å². The van der Waals surface area contributed by atoms with Crippen molar-refractivity contribution in [3.05, 3.63) is 12.8 Å². The first-order valence-electron chi connectivity index (χ1n) is 1.68.